The Balaban J connectivity index is 1.75. The fourth-order valence-corrected chi connectivity index (χ4v) is 3.79. The number of anilines is 1. The van der Waals surface area contributed by atoms with E-state index in [1.807, 2.05) is 13.0 Å². The molecule has 0 bridgehead atoms. The van der Waals surface area contributed by atoms with E-state index in [0.29, 0.717) is 11.6 Å². The Labute approximate surface area is 126 Å². The number of hydrogen-bond acceptors (Lipinski definition) is 3. The van der Waals surface area contributed by atoms with Crippen LogP contribution in [0.5, 0.6) is 0 Å². The van der Waals surface area contributed by atoms with Crippen LogP contribution in [-0.2, 0) is 0 Å². The van der Waals surface area contributed by atoms with Crippen LogP contribution < -0.4 is 10.6 Å². The smallest absolute Gasteiger partial charge is 0.130 e. The van der Waals surface area contributed by atoms with Gasteiger partial charge in [-0.15, -0.1) is 0 Å². The minimum Gasteiger partial charge on any atom is -0.370 e. The molecule has 2 heterocycles. The van der Waals surface area contributed by atoms with Crippen molar-refractivity contribution < 1.29 is 4.39 Å². The van der Waals surface area contributed by atoms with Crippen molar-refractivity contribution in [3.63, 3.8) is 0 Å². The molecule has 2 aliphatic rings. The van der Waals surface area contributed by atoms with Gasteiger partial charge in [-0.2, -0.15) is 0 Å². The summed E-state index contributed by atoms with van der Waals surface area (Å²) in [4.78, 5) is 4.94. The molecule has 1 aromatic rings. The lowest BCUT2D eigenvalue weighted by molar-refractivity contribution is 0.175. The maximum atomic E-state index is 14.1. The maximum Gasteiger partial charge on any atom is 0.130 e. The van der Waals surface area contributed by atoms with Crippen LogP contribution in [0, 0.1) is 5.82 Å². The molecule has 116 valence electrons. The summed E-state index contributed by atoms with van der Waals surface area (Å²) in [6.07, 6.45) is 5.18. The van der Waals surface area contributed by atoms with Crippen LogP contribution in [0.4, 0.5) is 10.1 Å². The Morgan fingerprint density at radius 1 is 1.19 bits per heavy atom. The van der Waals surface area contributed by atoms with Crippen molar-refractivity contribution in [2.24, 2.45) is 5.73 Å². The minimum atomic E-state index is -0.268. The number of benzene rings is 1. The molecule has 0 amide bonds. The molecule has 2 N–H and O–H groups in total. The standard InChI is InChI=1S/C17H26FN3/c1-13(19)17-15(18)6-5-7-16(17)21-11-8-14(12-21)20-9-3-2-4-10-20/h5-7,13-14H,2-4,8-12,19H2,1H3/t13-,14?/m0/s1. The fraction of sp³-hybridized carbons (Fsp3) is 0.647. The molecule has 0 spiro atoms. The molecule has 0 saturated carbocycles. The summed E-state index contributed by atoms with van der Waals surface area (Å²) in [5, 5.41) is 0. The number of halogens is 1. The number of piperidine rings is 1. The predicted octanol–water partition coefficient (Wildman–Crippen LogP) is 2.91. The van der Waals surface area contributed by atoms with Gasteiger partial charge in [-0.3, -0.25) is 4.90 Å². The van der Waals surface area contributed by atoms with Crippen LogP contribution in [0.1, 0.15) is 44.2 Å². The molecular weight excluding hydrogens is 265 g/mol. The summed E-state index contributed by atoms with van der Waals surface area (Å²) in [6.45, 7) is 6.32. The number of nitrogens with two attached hydrogens (primary N) is 1. The molecule has 0 radical (unpaired) electrons. The third-order valence-electron chi connectivity index (χ3n) is 4.90. The largest absolute Gasteiger partial charge is 0.370 e. The van der Waals surface area contributed by atoms with Gasteiger partial charge in [0.2, 0.25) is 0 Å². The zero-order valence-corrected chi connectivity index (χ0v) is 12.9. The first-order valence-electron chi connectivity index (χ1n) is 8.20. The molecule has 2 atom stereocenters. The zero-order valence-electron chi connectivity index (χ0n) is 12.9. The van der Waals surface area contributed by atoms with Crippen molar-refractivity contribution in [1.29, 1.82) is 0 Å². The zero-order chi connectivity index (χ0) is 14.8. The Bertz CT molecular complexity index is 483. The lowest BCUT2D eigenvalue weighted by Gasteiger charge is -2.32. The van der Waals surface area contributed by atoms with Gasteiger partial charge in [0, 0.05) is 36.4 Å². The van der Waals surface area contributed by atoms with Crippen molar-refractivity contribution in [3.8, 4) is 0 Å². The van der Waals surface area contributed by atoms with Crippen molar-refractivity contribution >= 4 is 5.69 Å². The molecule has 3 nitrogen and oxygen atoms in total. The SMILES string of the molecule is C[C@H](N)c1c(F)cccc1N1CCC(N2CCCCC2)C1. The Hall–Kier alpha value is -1.13. The molecule has 0 aromatic heterocycles. The monoisotopic (exact) mass is 291 g/mol. The summed E-state index contributed by atoms with van der Waals surface area (Å²) in [5.41, 5.74) is 7.64. The predicted molar refractivity (Wildman–Crippen MR) is 85.0 cm³/mol. The maximum absolute atomic E-state index is 14.1. The number of hydrogen-bond donors (Lipinski definition) is 1. The molecular formula is C17H26FN3. The highest BCUT2D eigenvalue weighted by molar-refractivity contribution is 5.56. The number of likely N-dealkylation sites (tertiary alicyclic amines) is 1. The first-order chi connectivity index (χ1) is 10.2. The van der Waals surface area contributed by atoms with E-state index in [9.17, 15) is 4.39 Å². The van der Waals surface area contributed by atoms with Crippen LogP contribution in [0.3, 0.4) is 0 Å². The van der Waals surface area contributed by atoms with Gasteiger partial charge in [-0.05, 0) is 51.4 Å². The van der Waals surface area contributed by atoms with E-state index >= 15 is 0 Å². The number of nitrogens with zero attached hydrogens (tertiary/aromatic N) is 2. The lowest BCUT2D eigenvalue weighted by atomic mass is 10.1. The quantitative estimate of drug-likeness (QED) is 0.929. The second-order valence-corrected chi connectivity index (χ2v) is 6.45. The van der Waals surface area contributed by atoms with Crippen LogP contribution >= 0.6 is 0 Å². The van der Waals surface area contributed by atoms with Gasteiger partial charge in [-0.25, -0.2) is 4.39 Å². The highest BCUT2D eigenvalue weighted by Gasteiger charge is 2.30. The molecule has 0 aliphatic carbocycles. The first kappa shape index (κ1) is 14.8. The molecule has 21 heavy (non-hydrogen) atoms. The van der Waals surface area contributed by atoms with E-state index in [1.54, 1.807) is 6.07 Å². The van der Waals surface area contributed by atoms with E-state index in [-0.39, 0.29) is 11.9 Å². The van der Waals surface area contributed by atoms with Gasteiger partial charge in [0.15, 0.2) is 0 Å². The Morgan fingerprint density at radius 2 is 1.95 bits per heavy atom. The highest BCUT2D eigenvalue weighted by atomic mass is 19.1. The van der Waals surface area contributed by atoms with Gasteiger partial charge in [0.25, 0.3) is 0 Å². The van der Waals surface area contributed by atoms with Crippen molar-refractivity contribution in [2.75, 3.05) is 31.1 Å². The summed E-state index contributed by atoms with van der Waals surface area (Å²) >= 11 is 0. The Kier molecular flexibility index (Phi) is 4.45. The van der Waals surface area contributed by atoms with Crippen LogP contribution in [0.25, 0.3) is 0 Å². The second kappa shape index (κ2) is 6.32. The van der Waals surface area contributed by atoms with E-state index in [2.05, 4.69) is 9.80 Å². The van der Waals surface area contributed by atoms with Gasteiger partial charge in [0.05, 0.1) is 0 Å². The highest BCUT2D eigenvalue weighted by Crippen LogP contribution is 2.31. The molecule has 3 rings (SSSR count). The Morgan fingerprint density at radius 3 is 2.67 bits per heavy atom. The third-order valence-corrected chi connectivity index (χ3v) is 4.90. The molecule has 2 saturated heterocycles. The van der Waals surface area contributed by atoms with Gasteiger partial charge in [0.1, 0.15) is 5.82 Å². The topological polar surface area (TPSA) is 32.5 Å². The molecule has 2 fully saturated rings. The molecule has 2 aliphatic heterocycles. The van der Waals surface area contributed by atoms with E-state index < -0.39 is 0 Å². The van der Waals surface area contributed by atoms with Crippen LogP contribution in [0.15, 0.2) is 18.2 Å². The molecule has 1 aromatic carbocycles. The average molecular weight is 291 g/mol. The fourth-order valence-electron chi connectivity index (χ4n) is 3.79. The second-order valence-electron chi connectivity index (χ2n) is 6.45. The van der Waals surface area contributed by atoms with Crippen LogP contribution in [0.2, 0.25) is 0 Å². The van der Waals surface area contributed by atoms with Gasteiger partial charge >= 0.3 is 0 Å². The summed E-state index contributed by atoms with van der Waals surface area (Å²) in [5.74, 6) is -0.177. The van der Waals surface area contributed by atoms with Crippen molar-refractivity contribution in [3.05, 3.63) is 29.6 Å². The summed E-state index contributed by atoms with van der Waals surface area (Å²) < 4.78 is 14.1. The van der Waals surface area contributed by atoms with Gasteiger partial charge < -0.3 is 10.6 Å². The average Bonchev–Trinajstić information content (AvgIpc) is 2.97. The van der Waals surface area contributed by atoms with E-state index in [4.69, 9.17) is 5.73 Å². The summed E-state index contributed by atoms with van der Waals surface area (Å²) in [6, 6.07) is 5.68. The van der Waals surface area contributed by atoms with E-state index in [1.165, 1.54) is 44.8 Å². The van der Waals surface area contributed by atoms with E-state index in [0.717, 1.165) is 18.8 Å². The minimum absolute atomic E-state index is 0.177. The third kappa shape index (κ3) is 3.06. The molecule has 1 unspecified atom stereocenters. The first-order valence-corrected chi connectivity index (χ1v) is 8.20. The van der Waals surface area contributed by atoms with Gasteiger partial charge in [-0.1, -0.05) is 12.5 Å². The normalized spacial score (nSPS) is 25.3. The van der Waals surface area contributed by atoms with Crippen molar-refractivity contribution in [2.45, 2.75) is 44.7 Å². The van der Waals surface area contributed by atoms with Crippen LogP contribution in [-0.4, -0.2) is 37.1 Å². The molecule has 4 heteroatoms. The lowest BCUT2D eigenvalue weighted by Crippen LogP contribution is -2.41. The summed E-state index contributed by atoms with van der Waals surface area (Å²) in [7, 11) is 0. The number of rotatable bonds is 3. The van der Waals surface area contributed by atoms with Crippen molar-refractivity contribution in [1.82, 2.24) is 4.90 Å².